The number of carbonyl (C=O) groups is 2. The van der Waals surface area contributed by atoms with Crippen molar-refractivity contribution in [3.63, 3.8) is 0 Å². The third kappa shape index (κ3) is 3.77. The molecule has 0 unspecified atom stereocenters. The van der Waals surface area contributed by atoms with Gasteiger partial charge in [0.25, 0.3) is 5.91 Å². The summed E-state index contributed by atoms with van der Waals surface area (Å²) in [5, 5.41) is 3.04. The number of halogens is 1. The zero-order valence-corrected chi connectivity index (χ0v) is 13.8. The number of esters is 1. The molecule has 3 rings (SSSR count). The number of amides is 1. The Morgan fingerprint density at radius 3 is 2.54 bits per heavy atom. The molecule has 2 N–H and O–H groups in total. The molecular weight excluding hydrogens is 339 g/mol. The molecule has 0 aliphatic rings. The molecule has 26 heavy (non-hydrogen) atoms. The molecule has 3 aromatic rings. The van der Waals surface area contributed by atoms with E-state index in [-0.39, 0.29) is 5.56 Å². The van der Waals surface area contributed by atoms with Gasteiger partial charge >= 0.3 is 5.97 Å². The molecule has 1 heterocycles. The predicted molar refractivity (Wildman–Crippen MR) is 94.5 cm³/mol. The molecule has 2 aromatic carbocycles. The van der Waals surface area contributed by atoms with Crippen molar-refractivity contribution in [1.29, 1.82) is 0 Å². The molecule has 0 saturated carbocycles. The Morgan fingerprint density at radius 1 is 1.12 bits per heavy atom. The second-order valence-corrected chi connectivity index (χ2v) is 5.64. The van der Waals surface area contributed by atoms with E-state index in [0.29, 0.717) is 16.6 Å². The van der Waals surface area contributed by atoms with Crippen molar-refractivity contribution in [2.24, 2.45) is 0 Å². The Hall–Kier alpha value is -3.48. The average molecular weight is 354 g/mol. The highest BCUT2D eigenvalue weighted by Crippen LogP contribution is 2.16. The van der Waals surface area contributed by atoms with Gasteiger partial charge in [-0.05, 0) is 37.3 Å². The second kappa shape index (κ2) is 7.18. The van der Waals surface area contributed by atoms with Gasteiger partial charge < -0.3 is 15.0 Å². The van der Waals surface area contributed by atoms with Crippen LogP contribution in [0.4, 0.5) is 10.1 Å². The number of ether oxygens (including phenoxy) is 1. The summed E-state index contributed by atoms with van der Waals surface area (Å²) < 4.78 is 18.1. The van der Waals surface area contributed by atoms with E-state index in [9.17, 15) is 18.8 Å². The van der Waals surface area contributed by atoms with Crippen molar-refractivity contribution in [2.45, 2.75) is 13.0 Å². The van der Waals surface area contributed by atoms with Crippen LogP contribution < -0.4 is 10.9 Å². The van der Waals surface area contributed by atoms with Gasteiger partial charge in [0.15, 0.2) is 6.10 Å². The smallest absolute Gasteiger partial charge is 0.339 e. The molecule has 0 saturated heterocycles. The van der Waals surface area contributed by atoms with Gasteiger partial charge in [-0.3, -0.25) is 9.59 Å². The molecule has 0 aliphatic heterocycles. The summed E-state index contributed by atoms with van der Waals surface area (Å²) in [6.45, 7) is 1.41. The van der Waals surface area contributed by atoms with Gasteiger partial charge in [0.1, 0.15) is 5.82 Å². The molecule has 6 nitrogen and oxygen atoms in total. The summed E-state index contributed by atoms with van der Waals surface area (Å²) in [6, 6.07) is 13.1. The summed E-state index contributed by atoms with van der Waals surface area (Å²) >= 11 is 0. The Balaban J connectivity index is 1.76. The zero-order valence-electron chi connectivity index (χ0n) is 13.8. The zero-order chi connectivity index (χ0) is 18.7. The van der Waals surface area contributed by atoms with Gasteiger partial charge in [-0.25, -0.2) is 9.18 Å². The number of hydrogen-bond donors (Lipinski definition) is 2. The first-order valence-electron chi connectivity index (χ1n) is 7.83. The van der Waals surface area contributed by atoms with Crippen LogP contribution in [0.15, 0.2) is 59.4 Å². The fourth-order valence-corrected chi connectivity index (χ4v) is 2.43. The molecule has 0 radical (unpaired) electrons. The first-order valence-corrected chi connectivity index (χ1v) is 7.83. The first-order chi connectivity index (χ1) is 12.4. The summed E-state index contributed by atoms with van der Waals surface area (Å²) in [6.07, 6.45) is -1.11. The van der Waals surface area contributed by atoms with Crippen molar-refractivity contribution in [2.75, 3.05) is 5.32 Å². The molecule has 1 atom stereocenters. The van der Waals surface area contributed by atoms with Gasteiger partial charge in [0.2, 0.25) is 5.56 Å². The number of H-pyrrole nitrogens is 1. The Labute approximate surface area is 147 Å². The van der Waals surface area contributed by atoms with Crippen LogP contribution in [0.25, 0.3) is 10.9 Å². The van der Waals surface area contributed by atoms with Gasteiger partial charge in [-0.15, -0.1) is 0 Å². The van der Waals surface area contributed by atoms with Crippen LogP contribution >= 0.6 is 0 Å². The lowest BCUT2D eigenvalue weighted by atomic mass is 10.1. The Kier molecular flexibility index (Phi) is 4.79. The summed E-state index contributed by atoms with van der Waals surface area (Å²) in [5.41, 5.74) is 0.501. The van der Waals surface area contributed by atoms with Gasteiger partial charge in [0.05, 0.1) is 5.56 Å². The maximum Gasteiger partial charge on any atom is 0.339 e. The van der Waals surface area contributed by atoms with Crippen LogP contribution in [-0.2, 0) is 9.53 Å². The van der Waals surface area contributed by atoms with E-state index < -0.39 is 29.4 Å². The molecule has 0 fully saturated rings. The normalized spacial score (nSPS) is 11.8. The molecule has 1 amide bonds. The SMILES string of the molecule is C[C@@H](OC(=O)c1cc(=O)[nH]c2ccccc12)C(=O)Nc1ccc(F)cc1. The van der Waals surface area contributed by atoms with E-state index >= 15 is 0 Å². The van der Waals surface area contributed by atoms with Crippen molar-refractivity contribution < 1.29 is 18.7 Å². The van der Waals surface area contributed by atoms with Crippen LogP contribution in [0.5, 0.6) is 0 Å². The van der Waals surface area contributed by atoms with Gasteiger partial charge in [0, 0.05) is 22.7 Å². The van der Waals surface area contributed by atoms with E-state index in [4.69, 9.17) is 4.74 Å². The number of carbonyl (C=O) groups excluding carboxylic acids is 2. The lowest BCUT2D eigenvalue weighted by molar-refractivity contribution is -0.123. The Bertz CT molecular complexity index is 1030. The van der Waals surface area contributed by atoms with E-state index in [1.165, 1.54) is 31.2 Å². The standard InChI is InChI=1S/C19H15FN2O4/c1-11(18(24)21-13-8-6-12(20)7-9-13)26-19(25)15-10-17(23)22-16-5-3-2-4-14(15)16/h2-11H,1H3,(H,21,24)(H,22,23)/t11-/m1/s1. The van der Waals surface area contributed by atoms with Crippen molar-refractivity contribution in [1.82, 2.24) is 4.98 Å². The number of pyridine rings is 1. The van der Waals surface area contributed by atoms with Crippen molar-refractivity contribution >= 4 is 28.5 Å². The fraction of sp³-hybridized carbons (Fsp3) is 0.105. The average Bonchev–Trinajstić information content (AvgIpc) is 2.62. The number of benzene rings is 2. The van der Waals surface area contributed by atoms with E-state index in [0.717, 1.165) is 6.07 Å². The van der Waals surface area contributed by atoms with Crippen LogP contribution in [0.2, 0.25) is 0 Å². The quantitative estimate of drug-likeness (QED) is 0.705. The summed E-state index contributed by atoms with van der Waals surface area (Å²) in [7, 11) is 0. The Morgan fingerprint density at radius 2 is 1.81 bits per heavy atom. The highest BCUT2D eigenvalue weighted by atomic mass is 19.1. The van der Waals surface area contributed by atoms with Crippen molar-refractivity contribution in [3.05, 3.63) is 76.3 Å². The molecular formula is C19H15FN2O4. The number of aromatic nitrogens is 1. The molecule has 1 aromatic heterocycles. The second-order valence-electron chi connectivity index (χ2n) is 5.64. The minimum Gasteiger partial charge on any atom is -0.449 e. The molecule has 0 spiro atoms. The fourth-order valence-electron chi connectivity index (χ4n) is 2.43. The lowest BCUT2D eigenvalue weighted by Gasteiger charge is -2.14. The van der Waals surface area contributed by atoms with Crippen LogP contribution in [-0.4, -0.2) is 23.0 Å². The third-order valence-corrected chi connectivity index (χ3v) is 3.74. The van der Waals surface area contributed by atoms with E-state index in [1.54, 1.807) is 24.3 Å². The van der Waals surface area contributed by atoms with E-state index in [2.05, 4.69) is 10.3 Å². The number of rotatable bonds is 4. The highest BCUT2D eigenvalue weighted by Gasteiger charge is 2.21. The largest absolute Gasteiger partial charge is 0.449 e. The van der Waals surface area contributed by atoms with Gasteiger partial charge in [-0.1, -0.05) is 18.2 Å². The third-order valence-electron chi connectivity index (χ3n) is 3.74. The summed E-state index contributed by atoms with van der Waals surface area (Å²) in [4.78, 5) is 38.9. The van der Waals surface area contributed by atoms with Gasteiger partial charge in [-0.2, -0.15) is 0 Å². The minimum atomic E-state index is -1.11. The lowest BCUT2D eigenvalue weighted by Crippen LogP contribution is -2.30. The topological polar surface area (TPSA) is 88.3 Å². The number of anilines is 1. The maximum atomic E-state index is 12.9. The predicted octanol–water partition coefficient (Wildman–Crippen LogP) is 2.85. The number of nitrogens with one attached hydrogen (secondary N) is 2. The number of aromatic amines is 1. The van der Waals surface area contributed by atoms with Crippen LogP contribution in [0.3, 0.4) is 0 Å². The molecule has 0 bridgehead atoms. The number of fused-ring (bicyclic) bond motifs is 1. The minimum absolute atomic E-state index is 0.0748. The first kappa shape index (κ1) is 17.3. The molecule has 7 heteroatoms. The maximum absolute atomic E-state index is 12.9. The van der Waals surface area contributed by atoms with E-state index in [1.807, 2.05) is 0 Å². The number of para-hydroxylation sites is 1. The van der Waals surface area contributed by atoms with Crippen LogP contribution in [0, 0.1) is 5.82 Å². The monoisotopic (exact) mass is 354 g/mol. The summed E-state index contributed by atoms with van der Waals surface area (Å²) in [5.74, 6) is -1.78. The van der Waals surface area contributed by atoms with Crippen molar-refractivity contribution in [3.8, 4) is 0 Å². The molecule has 132 valence electrons. The number of hydrogen-bond acceptors (Lipinski definition) is 4. The highest BCUT2D eigenvalue weighted by molar-refractivity contribution is 6.04. The molecule has 0 aliphatic carbocycles. The van der Waals surface area contributed by atoms with Crippen LogP contribution in [0.1, 0.15) is 17.3 Å².